The number of carbonyl (C=O) groups is 3. The van der Waals surface area contributed by atoms with Gasteiger partial charge in [0.2, 0.25) is 5.91 Å². The number of benzene rings is 2. The van der Waals surface area contributed by atoms with E-state index in [2.05, 4.69) is 34.9 Å². The summed E-state index contributed by atoms with van der Waals surface area (Å²) in [5.41, 5.74) is 4.63. The summed E-state index contributed by atoms with van der Waals surface area (Å²) in [7, 11) is 1.38. The first-order chi connectivity index (χ1) is 16.0. The summed E-state index contributed by atoms with van der Waals surface area (Å²) in [4.78, 5) is 36.1. The summed E-state index contributed by atoms with van der Waals surface area (Å²) in [5, 5.41) is 14.5. The first-order valence-corrected chi connectivity index (χ1v) is 11.1. The molecule has 2 aliphatic carbocycles. The van der Waals surface area contributed by atoms with Gasteiger partial charge in [0, 0.05) is 25.0 Å². The maximum atomic E-state index is 12.5. The minimum atomic E-state index is -1.14. The normalized spacial score (nSPS) is 19.9. The molecule has 0 radical (unpaired) electrons. The second-order valence-corrected chi connectivity index (χ2v) is 8.53. The van der Waals surface area contributed by atoms with Crippen LogP contribution in [0.15, 0.2) is 48.5 Å². The van der Waals surface area contributed by atoms with Crippen LogP contribution in [0.2, 0.25) is 0 Å². The molecule has 3 N–H and O–H groups in total. The fraction of sp³-hybridized carbons (Fsp3) is 0.400. The Morgan fingerprint density at radius 1 is 1.03 bits per heavy atom. The molecule has 0 spiro atoms. The molecular weight excluding hydrogens is 424 g/mol. The molecule has 8 nitrogen and oxygen atoms in total. The number of fused-ring (bicyclic) bond motifs is 3. The number of hydrogen-bond donors (Lipinski definition) is 3. The largest absolute Gasteiger partial charge is 0.480 e. The van der Waals surface area contributed by atoms with E-state index in [1.165, 1.54) is 18.2 Å². The summed E-state index contributed by atoms with van der Waals surface area (Å²) >= 11 is 0. The smallest absolute Gasteiger partial charge is 0.407 e. The van der Waals surface area contributed by atoms with E-state index < -0.39 is 18.1 Å². The molecule has 2 aromatic rings. The van der Waals surface area contributed by atoms with Crippen LogP contribution in [0.1, 0.15) is 36.3 Å². The van der Waals surface area contributed by atoms with Gasteiger partial charge in [0.05, 0.1) is 6.61 Å². The number of hydrogen-bond acceptors (Lipinski definition) is 5. The van der Waals surface area contributed by atoms with Gasteiger partial charge in [-0.2, -0.15) is 0 Å². The quantitative estimate of drug-likeness (QED) is 0.568. The van der Waals surface area contributed by atoms with Crippen LogP contribution in [0.4, 0.5) is 4.79 Å². The van der Waals surface area contributed by atoms with E-state index in [9.17, 15) is 19.5 Å². The first kappa shape index (κ1) is 22.8. The highest BCUT2D eigenvalue weighted by Crippen LogP contribution is 2.44. The Morgan fingerprint density at radius 3 is 2.27 bits per heavy atom. The Morgan fingerprint density at radius 2 is 1.67 bits per heavy atom. The standard InChI is InChI=1S/C25H28N2O6/c1-32-14-22(24(29)30)27-23(28)15-10-11-16(12-15)26-25(31)33-13-21-19-8-4-2-6-17(19)18-7-3-5-9-20(18)21/h2-9,15-16,21-22H,10-14H2,1H3,(H,26,31)(H,27,28)(H,29,30)/t15-,16+,22?/m1/s1. The molecule has 8 heteroatoms. The second kappa shape index (κ2) is 10.0. The molecule has 1 unspecified atom stereocenters. The fourth-order valence-corrected chi connectivity index (χ4v) is 4.79. The van der Waals surface area contributed by atoms with Gasteiger partial charge in [-0.3, -0.25) is 4.79 Å². The highest BCUT2D eigenvalue weighted by atomic mass is 16.5. The number of carboxylic acid groups (broad SMARTS) is 1. The summed E-state index contributed by atoms with van der Waals surface area (Å²) in [6, 6.07) is 15.0. The van der Waals surface area contributed by atoms with Crippen molar-refractivity contribution in [2.75, 3.05) is 20.3 Å². The van der Waals surface area contributed by atoms with Crippen molar-refractivity contribution in [3.8, 4) is 11.1 Å². The van der Waals surface area contributed by atoms with Gasteiger partial charge in [0.25, 0.3) is 0 Å². The van der Waals surface area contributed by atoms with E-state index in [-0.39, 0.29) is 37.0 Å². The van der Waals surface area contributed by atoms with Crippen LogP contribution in [-0.4, -0.2) is 55.5 Å². The Balaban J connectivity index is 1.29. The lowest BCUT2D eigenvalue weighted by atomic mass is 9.98. The summed E-state index contributed by atoms with van der Waals surface area (Å²) < 4.78 is 10.4. The molecule has 4 rings (SSSR count). The third-order valence-corrected chi connectivity index (χ3v) is 6.42. The van der Waals surface area contributed by atoms with Crippen molar-refractivity contribution < 1.29 is 29.0 Å². The highest BCUT2D eigenvalue weighted by molar-refractivity contribution is 5.85. The summed E-state index contributed by atoms with van der Waals surface area (Å²) in [6.45, 7) is 0.128. The van der Waals surface area contributed by atoms with Crippen LogP contribution in [0.5, 0.6) is 0 Å². The van der Waals surface area contributed by atoms with Crippen molar-refractivity contribution in [1.82, 2.24) is 10.6 Å². The van der Waals surface area contributed by atoms with Gasteiger partial charge in [0.15, 0.2) is 6.04 Å². The number of carboxylic acids is 1. The van der Waals surface area contributed by atoms with Gasteiger partial charge in [-0.1, -0.05) is 48.5 Å². The van der Waals surface area contributed by atoms with E-state index in [0.717, 1.165) is 11.1 Å². The summed E-state index contributed by atoms with van der Waals surface area (Å²) in [5.74, 6) is -1.85. The van der Waals surface area contributed by atoms with Crippen molar-refractivity contribution in [3.05, 3.63) is 59.7 Å². The Kier molecular flexibility index (Phi) is 6.93. The van der Waals surface area contributed by atoms with Gasteiger partial charge >= 0.3 is 12.1 Å². The Labute approximate surface area is 192 Å². The minimum Gasteiger partial charge on any atom is -0.480 e. The molecule has 0 bridgehead atoms. The monoisotopic (exact) mass is 452 g/mol. The molecule has 1 fully saturated rings. The third-order valence-electron chi connectivity index (χ3n) is 6.42. The predicted molar refractivity (Wildman–Crippen MR) is 121 cm³/mol. The SMILES string of the molecule is COCC(NC(=O)[C@@H]1CC[C@H](NC(=O)OCC2c3ccccc3-c3ccccc32)C1)C(=O)O. The van der Waals surface area contributed by atoms with Crippen molar-refractivity contribution in [3.63, 3.8) is 0 Å². The van der Waals surface area contributed by atoms with Crippen molar-refractivity contribution in [1.29, 1.82) is 0 Å². The number of nitrogens with one attached hydrogen (secondary N) is 2. The molecule has 174 valence electrons. The number of aliphatic carboxylic acids is 1. The molecule has 3 atom stereocenters. The zero-order valence-electron chi connectivity index (χ0n) is 18.5. The van der Waals surface area contributed by atoms with Crippen LogP contribution in [-0.2, 0) is 19.1 Å². The average molecular weight is 453 g/mol. The van der Waals surface area contributed by atoms with Crippen LogP contribution in [0.3, 0.4) is 0 Å². The number of alkyl carbamates (subject to hydrolysis) is 1. The van der Waals surface area contributed by atoms with E-state index in [0.29, 0.717) is 19.3 Å². The third kappa shape index (κ3) is 5.01. The van der Waals surface area contributed by atoms with Gasteiger partial charge in [-0.25, -0.2) is 9.59 Å². The number of carbonyl (C=O) groups excluding carboxylic acids is 2. The maximum Gasteiger partial charge on any atom is 0.407 e. The van der Waals surface area contributed by atoms with Crippen LogP contribution < -0.4 is 10.6 Å². The van der Waals surface area contributed by atoms with E-state index in [1.54, 1.807) is 0 Å². The van der Waals surface area contributed by atoms with Gasteiger partial charge < -0.3 is 25.2 Å². The first-order valence-electron chi connectivity index (χ1n) is 11.1. The van der Waals surface area contributed by atoms with Crippen molar-refractivity contribution in [2.24, 2.45) is 5.92 Å². The Bertz CT molecular complexity index is 994. The lowest BCUT2D eigenvalue weighted by Gasteiger charge is -2.18. The maximum absolute atomic E-state index is 12.5. The predicted octanol–water partition coefficient (Wildman–Crippen LogP) is 2.91. The molecule has 0 heterocycles. The van der Waals surface area contributed by atoms with Gasteiger partial charge in [0.1, 0.15) is 6.61 Å². The average Bonchev–Trinajstić information content (AvgIpc) is 3.40. The van der Waals surface area contributed by atoms with E-state index >= 15 is 0 Å². The van der Waals surface area contributed by atoms with Crippen LogP contribution in [0.25, 0.3) is 11.1 Å². The Hall–Kier alpha value is -3.39. The minimum absolute atomic E-state index is 0.0148. The zero-order valence-corrected chi connectivity index (χ0v) is 18.5. The molecule has 0 aromatic heterocycles. The summed E-state index contributed by atoms with van der Waals surface area (Å²) in [6.07, 6.45) is 1.13. The number of amides is 2. The van der Waals surface area contributed by atoms with E-state index in [1.807, 2.05) is 24.3 Å². The zero-order chi connectivity index (χ0) is 23.4. The van der Waals surface area contributed by atoms with E-state index in [4.69, 9.17) is 9.47 Å². The lowest BCUT2D eigenvalue weighted by Crippen LogP contribution is -2.46. The number of rotatable bonds is 8. The van der Waals surface area contributed by atoms with Crippen molar-refractivity contribution in [2.45, 2.75) is 37.3 Å². The molecule has 33 heavy (non-hydrogen) atoms. The highest BCUT2D eigenvalue weighted by Gasteiger charge is 2.34. The molecule has 0 aliphatic heterocycles. The molecular formula is C25H28N2O6. The fourth-order valence-electron chi connectivity index (χ4n) is 4.79. The lowest BCUT2D eigenvalue weighted by molar-refractivity contribution is -0.144. The molecule has 0 saturated heterocycles. The number of methoxy groups -OCH3 is 1. The van der Waals surface area contributed by atoms with Crippen molar-refractivity contribution >= 4 is 18.0 Å². The molecule has 2 aromatic carbocycles. The van der Waals surface area contributed by atoms with Gasteiger partial charge in [-0.05, 0) is 41.5 Å². The molecule has 2 aliphatic rings. The molecule has 2 amide bonds. The van der Waals surface area contributed by atoms with Crippen LogP contribution >= 0.6 is 0 Å². The topological polar surface area (TPSA) is 114 Å². The molecule has 1 saturated carbocycles. The number of ether oxygens (including phenoxy) is 2. The second-order valence-electron chi connectivity index (χ2n) is 8.53. The van der Waals surface area contributed by atoms with Crippen LogP contribution in [0, 0.1) is 5.92 Å². The van der Waals surface area contributed by atoms with Gasteiger partial charge in [-0.15, -0.1) is 0 Å².